The molecule has 0 saturated heterocycles. The molecular weight excluding hydrogens is 367 g/mol. The molecule has 5 nitrogen and oxygen atoms in total. The van der Waals surface area contributed by atoms with Crippen LogP contribution in [0.1, 0.15) is 5.56 Å². The number of benzene rings is 1. The van der Waals surface area contributed by atoms with Crippen molar-refractivity contribution in [3.63, 3.8) is 0 Å². The molecule has 0 radical (unpaired) electrons. The van der Waals surface area contributed by atoms with Gasteiger partial charge < -0.3 is 20.3 Å². The number of rotatable bonds is 6. The molecule has 0 atom stereocenters. The van der Waals surface area contributed by atoms with Gasteiger partial charge in [0.1, 0.15) is 0 Å². The number of methoxy groups -OCH3 is 1. The number of halogens is 1. The number of hydrogen-bond donors (Lipinski definition) is 2. The van der Waals surface area contributed by atoms with Crippen LogP contribution >= 0.6 is 24.0 Å². The minimum Gasteiger partial charge on any atom is -0.383 e. The van der Waals surface area contributed by atoms with Crippen LogP contribution in [-0.4, -0.2) is 47.4 Å². The second kappa shape index (κ2) is 10.7. The summed E-state index contributed by atoms with van der Waals surface area (Å²) in [6.07, 6.45) is 0. The highest BCUT2D eigenvalue weighted by Gasteiger charge is 2.00. The highest BCUT2D eigenvalue weighted by atomic mass is 127. The standard InChI is InChI=1S/C14H24N4O.HI/c1-15-14(16-8-9-19-4)17-11-12-6-5-7-13(10-12)18(2)3;/h5-7,10H,8-9,11H2,1-4H3,(H2,15,16,17);1H. The molecule has 0 fully saturated rings. The summed E-state index contributed by atoms with van der Waals surface area (Å²) in [5, 5.41) is 6.46. The summed E-state index contributed by atoms with van der Waals surface area (Å²) in [5.74, 6) is 0.785. The third kappa shape index (κ3) is 6.95. The van der Waals surface area contributed by atoms with Gasteiger partial charge in [0.05, 0.1) is 6.61 Å². The fourth-order valence-electron chi connectivity index (χ4n) is 1.62. The first-order chi connectivity index (χ1) is 9.17. The summed E-state index contributed by atoms with van der Waals surface area (Å²) < 4.78 is 4.99. The molecule has 0 aliphatic carbocycles. The van der Waals surface area contributed by atoms with E-state index in [2.05, 4.69) is 44.8 Å². The van der Waals surface area contributed by atoms with Gasteiger partial charge in [-0.25, -0.2) is 0 Å². The molecule has 1 rings (SSSR count). The van der Waals surface area contributed by atoms with Gasteiger partial charge in [-0.15, -0.1) is 24.0 Å². The fraction of sp³-hybridized carbons (Fsp3) is 0.500. The molecule has 0 amide bonds. The first-order valence-electron chi connectivity index (χ1n) is 6.37. The summed E-state index contributed by atoms with van der Waals surface area (Å²) in [6.45, 7) is 2.15. The number of anilines is 1. The maximum atomic E-state index is 4.99. The molecule has 0 bridgehead atoms. The molecular formula is C14H25IN4O. The van der Waals surface area contributed by atoms with Crippen molar-refractivity contribution < 1.29 is 4.74 Å². The maximum Gasteiger partial charge on any atom is 0.191 e. The highest BCUT2D eigenvalue weighted by Crippen LogP contribution is 2.12. The van der Waals surface area contributed by atoms with Gasteiger partial charge in [0.25, 0.3) is 0 Å². The van der Waals surface area contributed by atoms with E-state index in [1.165, 1.54) is 11.3 Å². The molecule has 6 heteroatoms. The maximum absolute atomic E-state index is 4.99. The van der Waals surface area contributed by atoms with Crippen LogP contribution in [-0.2, 0) is 11.3 Å². The Kier molecular flexibility index (Phi) is 10.2. The van der Waals surface area contributed by atoms with Crippen LogP contribution < -0.4 is 15.5 Å². The molecule has 0 aliphatic heterocycles. The van der Waals surface area contributed by atoms with Crippen LogP contribution in [0.3, 0.4) is 0 Å². The van der Waals surface area contributed by atoms with Gasteiger partial charge in [-0.1, -0.05) is 12.1 Å². The Morgan fingerprint density at radius 3 is 2.65 bits per heavy atom. The summed E-state index contributed by atoms with van der Waals surface area (Å²) in [4.78, 5) is 6.25. The van der Waals surface area contributed by atoms with Gasteiger partial charge in [0, 0.05) is 47.0 Å². The first kappa shape index (κ1) is 19.0. The average Bonchev–Trinajstić information content (AvgIpc) is 2.43. The molecule has 20 heavy (non-hydrogen) atoms. The molecule has 0 aromatic heterocycles. The van der Waals surface area contributed by atoms with Gasteiger partial charge in [-0.05, 0) is 17.7 Å². The van der Waals surface area contributed by atoms with E-state index in [0.29, 0.717) is 6.61 Å². The van der Waals surface area contributed by atoms with Gasteiger partial charge >= 0.3 is 0 Å². The Hall–Kier alpha value is -1.02. The Morgan fingerprint density at radius 2 is 2.05 bits per heavy atom. The molecule has 2 N–H and O–H groups in total. The Bertz CT molecular complexity index is 410. The zero-order valence-electron chi connectivity index (χ0n) is 12.6. The number of hydrogen-bond acceptors (Lipinski definition) is 3. The van der Waals surface area contributed by atoms with Crippen LogP contribution in [0, 0.1) is 0 Å². The Morgan fingerprint density at radius 1 is 1.30 bits per heavy atom. The number of ether oxygens (including phenoxy) is 1. The summed E-state index contributed by atoms with van der Waals surface area (Å²) in [6, 6.07) is 8.42. The molecule has 114 valence electrons. The molecule has 0 unspecified atom stereocenters. The Labute approximate surface area is 138 Å². The van der Waals surface area contributed by atoms with E-state index >= 15 is 0 Å². The summed E-state index contributed by atoms with van der Waals surface area (Å²) in [5.41, 5.74) is 2.42. The van der Waals surface area contributed by atoms with Crippen LogP contribution in [0.4, 0.5) is 5.69 Å². The van der Waals surface area contributed by atoms with Crippen molar-refractivity contribution in [3.05, 3.63) is 29.8 Å². The first-order valence-corrected chi connectivity index (χ1v) is 6.37. The topological polar surface area (TPSA) is 48.9 Å². The predicted molar refractivity (Wildman–Crippen MR) is 96.3 cm³/mol. The molecule has 0 spiro atoms. The SMILES string of the molecule is CN=C(NCCOC)NCc1cccc(N(C)C)c1.I. The van der Waals surface area contributed by atoms with Crippen LogP contribution in [0.2, 0.25) is 0 Å². The number of nitrogens with zero attached hydrogens (tertiary/aromatic N) is 2. The van der Waals surface area contributed by atoms with Crippen LogP contribution in [0.5, 0.6) is 0 Å². The van der Waals surface area contributed by atoms with Gasteiger partial charge in [0.15, 0.2) is 5.96 Å². The van der Waals surface area contributed by atoms with Crippen LogP contribution in [0.15, 0.2) is 29.3 Å². The zero-order chi connectivity index (χ0) is 14.1. The monoisotopic (exact) mass is 392 g/mol. The van der Waals surface area contributed by atoms with E-state index < -0.39 is 0 Å². The van der Waals surface area contributed by atoms with Gasteiger partial charge in [-0.3, -0.25) is 4.99 Å². The van der Waals surface area contributed by atoms with Gasteiger partial charge in [-0.2, -0.15) is 0 Å². The predicted octanol–water partition coefficient (Wildman–Crippen LogP) is 1.68. The minimum absolute atomic E-state index is 0. The quantitative estimate of drug-likeness (QED) is 0.335. The molecule has 0 saturated carbocycles. The summed E-state index contributed by atoms with van der Waals surface area (Å²) >= 11 is 0. The zero-order valence-corrected chi connectivity index (χ0v) is 15.0. The van der Waals surface area contributed by atoms with E-state index in [-0.39, 0.29) is 24.0 Å². The lowest BCUT2D eigenvalue weighted by Crippen LogP contribution is -2.38. The van der Waals surface area contributed by atoms with E-state index in [0.717, 1.165) is 19.0 Å². The van der Waals surface area contributed by atoms with E-state index in [9.17, 15) is 0 Å². The molecule has 0 heterocycles. The minimum atomic E-state index is 0. The van der Waals surface area contributed by atoms with E-state index in [4.69, 9.17) is 4.74 Å². The van der Waals surface area contributed by atoms with Crippen LogP contribution in [0.25, 0.3) is 0 Å². The van der Waals surface area contributed by atoms with Crippen molar-refractivity contribution in [2.75, 3.05) is 46.3 Å². The number of aliphatic imine (C=N–C) groups is 1. The van der Waals surface area contributed by atoms with Crippen molar-refractivity contribution in [2.24, 2.45) is 4.99 Å². The molecule has 1 aromatic rings. The van der Waals surface area contributed by atoms with Crippen molar-refractivity contribution in [1.82, 2.24) is 10.6 Å². The lowest BCUT2D eigenvalue weighted by Gasteiger charge is -2.15. The van der Waals surface area contributed by atoms with E-state index in [1.807, 2.05) is 14.1 Å². The second-order valence-corrected chi connectivity index (χ2v) is 4.41. The van der Waals surface area contributed by atoms with Crippen molar-refractivity contribution >= 4 is 35.6 Å². The fourth-order valence-corrected chi connectivity index (χ4v) is 1.62. The largest absolute Gasteiger partial charge is 0.383 e. The lowest BCUT2D eigenvalue weighted by molar-refractivity contribution is 0.203. The molecule has 0 aliphatic rings. The van der Waals surface area contributed by atoms with Crippen molar-refractivity contribution in [2.45, 2.75) is 6.54 Å². The number of nitrogens with one attached hydrogen (secondary N) is 2. The second-order valence-electron chi connectivity index (χ2n) is 4.41. The van der Waals surface area contributed by atoms with Crippen molar-refractivity contribution in [1.29, 1.82) is 0 Å². The number of guanidine groups is 1. The smallest absolute Gasteiger partial charge is 0.191 e. The third-order valence-electron chi connectivity index (χ3n) is 2.71. The summed E-state index contributed by atoms with van der Waals surface area (Å²) in [7, 11) is 7.53. The highest BCUT2D eigenvalue weighted by molar-refractivity contribution is 14.0. The molecule has 1 aromatic carbocycles. The van der Waals surface area contributed by atoms with Gasteiger partial charge in [0.2, 0.25) is 0 Å². The Balaban J connectivity index is 0.00000361. The van der Waals surface area contributed by atoms with E-state index in [1.54, 1.807) is 14.2 Å². The normalized spacial score (nSPS) is 10.7. The lowest BCUT2D eigenvalue weighted by atomic mass is 10.2. The van der Waals surface area contributed by atoms with Crippen molar-refractivity contribution in [3.8, 4) is 0 Å². The third-order valence-corrected chi connectivity index (χ3v) is 2.71. The average molecular weight is 392 g/mol.